The number of carbonyl (C=O) groups is 1. The van der Waals surface area contributed by atoms with Gasteiger partial charge in [0.05, 0.1) is 12.2 Å². The summed E-state index contributed by atoms with van der Waals surface area (Å²) in [6, 6.07) is 17.5. The second kappa shape index (κ2) is 8.31. The molecule has 0 atom stereocenters. The molecule has 2 aromatic carbocycles. The minimum absolute atomic E-state index is 0.317. The van der Waals surface area contributed by atoms with Gasteiger partial charge in [-0.15, -0.1) is 0 Å². The van der Waals surface area contributed by atoms with Gasteiger partial charge in [0.1, 0.15) is 5.82 Å². The maximum absolute atomic E-state index is 11.8. The van der Waals surface area contributed by atoms with Crippen LogP contribution in [0.4, 0.5) is 23.1 Å². The van der Waals surface area contributed by atoms with E-state index in [0.717, 1.165) is 36.6 Å². The van der Waals surface area contributed by atoms with E-state index in [1.54, 1.807) is 19.1 Å². The summed E-state index contributed by atoms with van der Waals surface area (Å²) >= 11 is 0. The van der Waals surface area contributed by atoms with Crippen molar-refractivity contribution in [1.29, 1.82) is 0 Å². The number of aromatic nitrogens is 2. The Morgan fingerprint density at radius 1 is 1.14 bits per heavy atom. The number of nitrogens with zero attached hydrogens (tertiary/aromatic N) is 3. The minimum Gasteiger partial charge on any atom is -0.462 e. The molecule has 0 aliphatic carbocycles. The number of aryl methyl sites for hydroxylation is 2. The van der Waals surface area contributed by atoms with Gasteiger partial charge in [0.2, 0.25) is 5.95 Å². The number of anilines is 4. The van der Waals surface area contributed by atoms with Crippen molar-refractivity contribution in [2.75, 3.05) is 23.4 Å². The van der Waals surface area contributed by atoms with Gasteiger partial charge in [-0.2, -0.15) is 4.98 Å². The van der Waals surface area contributed by atoms with Crippen molar-refractivity contribution in [2.45, 2.75) is 26.7 Å². The van der Waals surface area contributed by atoms with Crippen LogP contribution in [0.5, 0.6) is 0 Å². The Labute approximate surface area is 170 Å². The lowest BCUT2D eigenvalue weighted by Gasteiger charge is -2.29. The highest BCUT2D eigenvalue weighted by molar-refractivity contribution is 5.89. The molecule has 148 valence electrons. The number of rotatable bonds is 5. The molecule has 4 rings (SSSR count). The van der Waals surface area contributed by atoms with Gasteiger partial charge in [-0.25, -0.2) is 9.78 Å². The van der Waals surface area contributed by atoms with Crippen LogP contribution in [-0.2, 0) is 11.2 Å². The summed E-state index contributed by atoms with van der Waals surface area (Å²) in [5.41, 5.74) is 4.77. The number of benzene rings is 2. The van der Waals surface area contributed by atoms with Crippen LogP contribution < -0.4 is 10.2 Å². The predicted molar refractivity (Wildman–Crippen MR) is 114 cm³/mol. The first-order valence-corrected chi connectivity index (χ1v) is 9.89. The van der Waals surface area contributed by atoms with E-state index >= 15 is 0 Å². The number of para-hydroxylation sites is 1. The van der Waals surface area contributed by atoms with E-state index in [9.17, 15) is 4.79 Å². The summed E-state index contributed by atoms with van der Waals surface area (Å²) in [5.74, 6) is 1.10. The monoisotopic (exact) mass is 388 g/mol. The quantitative estimate of drug-likeness (QED) is 0.634. The highest BCUT2D eigenvalue weighted by atomic mass is 16.5. The second-order valence-corrected chi connectivity index (χ2v) is 7.00. The molecule has 0 fully saturated rings. The van der Waals surface area contributed by atoms with E-state index in [-0.39, 0.29) is 5.97 Å². The summed E-state index contributed by atoms with van der Waals surface area (Å²) < 4.78 is 5.03. The number of hydrogen-bond donors (Lipinski definition) is 1. The first kappa shape index (κ1) is 18.9. The van der Waals surface area contributed by atoms with Gasteiger partial charge in [0, 0.05) is 29.7 Å². The Morgan fingerprint density at radius 2 is 1.93 bits per heavy atom. The number of fused-ring (bicyclic) bond motifs is 1. The molecule has 0 bridgehead atoms. The molecule has 29 heavy (non-hydrogen) atoms. The Balaban J connectivity index is 1.58. The fourth-order valence-corrected chi connectivity index (χ4v) is 3.53. The number of hydrogen-bond acceptors (Lipinski definition) is 6. The van der Waals surface area contributed by atoms with E-state index < -0.39 is 0 Å². The van der Waals surface area contributed by atoms with Gasteiger partial charge >= 0.3 is 5.97 Å². The van der Waals surface area contributed by atoms with Gasteiger partial charge in [0.15, 0.2) is 0 Å². The van der Waals surface area contributed by atoms with Gasteiger partial charge in [-0.05, 0) is 62.6 Å². The Morgan fingerprint density at radius 3 is 2.72 bits per heavy atom. The summed E-state index contributed by atoms with van der Waals surface area (Å²) in [4.78, 5) is 23.4. The van der Waals surface area contributed by atoms with Crippen molar-refractivity contribution >= 4 is 29.1 Å². The predicted octanol–water partition coefficient (Wildman–Crippen LogP) is 4.79. The molecule has 0 saturated heterocycles. The molecule has 3 aromatic rings. The molecule has 1 aliphatic heterocycles. The van der Waals surface area contributed by atoms with Crippen LogP contribution in [-0.4, -0.2) is 29.1 Å². The van der Waals surface area contributed by atoms with Crippen LogP contribution >= 0.6 is 0 Å². The maximum atomic E-state index is 11.8. The van der Waals surface area contributed by atoms with Gasteiger partial charge < -0.3 is 15.0 Å². The van der Waals surface area contributed by atoms with Crippen molar-refractivity contribution in [3.8, 4) is 0 Å². The number of carbonyl (C=O) groups excluding carboxylic acids is 1. The molecule has 1 aliphatic rings. The molecule has 0 unspecified atom stereocenters. The molecule has 6 nitrogen and oxygen atoms in total. The lowest BCUT2D eigenvalue weighted by atomic mass is 10.0. The molecular formula is C23H24N4O2. The van der Waals surface area contributed by atoms with Gasteiger partial charge in [-0.3, -0.25) is 0 Å². The average molecular weight is 388 g/mol. The molecular weight excluding hydrogens is 364 g/mol. The van der Waals surface area contributed by atoms with Crippen molar-refractivity contribution in [3.05, 3.63) is 71.4 Å². The average Bonchev–Trinajstić information content (AvgIpc) is 2.73. The van der Waals surface area contributed by atoms with E-state index in [1.807, 2.05) is 25.1 Å². The third-order valence-electron chi connectivity index (χ3n) is 4.86. The van der Waals surface area contributed by atoms with E-state index in [2.05, 4.69) is 39.5 Å². The fourth-order valence-electron chi connectivity index (χ4n) is 3.53. The fraction of sp³-hybridized carbons (Fsp3) is 0.261. The van der Waals surface area contributed by atoms with Crippen molar-refractivity contribution < 1.29 is 9.53 Å². The highest BCUT2D eigenvalue weighted by Crippen LogP contribution is 2.32. The van der Waals surface area contributed by atoms with Crippen molar-refractivity contribution in [2.24, 2.45) is 0 Å². The zero-order valence-electron chi connectivity index (χ0n) is 16.7. The van der Waals surface area contributed by atoms with Crippen LogP contribution in [0.25, 0.3) is 0 Å². The van der Waals surface area contributed by atoms with E-state index in [0.29, 0.717) is 18.1 Å². The molecule has 0 amide bonds. The molecule has 0 saturated carbocycles. The topological polar surface area (TPSA) is 67.3 Å². The summed E-state index contributed by atoms with van der Waals surface area (Å²) in [5, 5.41) is 3.32. The Bertz CT molecular complexity index is 1020. The van der Waals surface area contributed by atoms with Crippen LogP contribution in [0.3, 0.4) is 0 Å². The second-order valence-electron chi connectivity index (χ2n) is 7.00. The Hall–Kier alpha value is -3.41. The molecule has 1 N–H and O–H groups in total. The lowest BCUT2D eigenvalue weighted by Crippen LogP contribution is -2.26. The number of nitrogens with one attached hydrogen (secondary N) is 1. The van der Waals surface area contributed by atoms with Crippen LogP contribution in [0.2, 0.25) is 0 Å². The molecule has 0 spiro atoms. The van der Waals surface area contributed by atoms with E-state index in [4.69, 9.17) is 9.72 Å². The third-order valence-corrected chi connectivity index (χ3v) is 4.86. The maximum Gasteiger partial charge on any atom is 0.338 e. The molecule has 6 heteroatoms. The van der Waals surface area contributed by atoms with Gasteiger partial charge in [-0.1, -0.05) is 18.2 Å². The summed E-state index contributed by atoms with van der Waals surface area (Å²) in [6.45, 7) is 5.02. The number of esters is 1. The minimum atomic E-state index is -0.317. The SMILES string of the molecule is CCOC(=O)c1ccc(Nc2cc(C)nc(N3CCCc4ccccc43)n2)cc1. The molecule has 0 radical (unpaired) electrons. The normalized spacial score (nSPS) is 13.0. The third kappa shape index (κ3) is 4.21. The first-order chi connectivity index (χ1) is 14.1. The zero-order valence-corrected chi connectivity index (χ0v) is 16.7. The number of ether oxygens (including phenoxy) is 1. The van der Waals surface area contributed by atoms with Crippen LogP contribution in [0.1, 0.15) is 35.0 Å². The molecule has 2 heterocycles. The van der Waals surface area contributed by atoms with Crippen molar-refractivity contribution in [1.82, 2.24) is 9.97 Å². The first-order valence-electron chi connectivity index (χ1n) is 9.89. The lowest BCUT2D eigenvalue weighted by molar-refractivity contribution is 0.0526. The molecule has 1 aromatic heterocycles. The smallest absolute Gasteiger partial charge is 0.338 e. The standard InChI is InChI=1S/C23H24N4O2/c1-3-29-22(28)18-10-12-19(13-11-18)25-21-15-16(2)24-23(26-21)27-14-6-8-17-7-4-5-9-20(17)27/h4-5,7,9-13,15H,3,6,8,14H2,1-2H3,(H,24,25,26). The zero-order chi connectivity index (χ0) is 20.2. The Kier molecular flexibility index (Phi) is 5.42. The van der Waals surface area contributed by atoms with E-state index in [1.165, 1.54) is 11.3 Å². The van der Waals surface area contributed by atoms with Gasteiger partial charge in [0.25, 0.3) is 0 Å². The summed E-state index contributed by atoms with van der Waals surface area (Å²) in [7, 11) is 0. The van der Waals surface area contributed by atoms with Crippen molar-refractivity contribution in [3.63, 3.8) is 0 Å². The van der Waals surface area contributed by atoms with Crippen LogP contribution in [0.15, 0.2) is 54.6 Å². The van der Waals surface area contributed by atoms with Crippen LogP contribution in [0, 0.1) is 6.92 Å². The summed E-state index contributed by atoms with van der Waals surface area (Å²) in [6.07, 6.45) is 2.16. The largest absolute Gasteiger partial charge is 0.462 e. The highest BCUT2D eigenvalue weighted by Gasteiger charge is 2.20.